The second kappa shape index (κ2) is 8.94. The van der Waals surface area contributed by atoms with Gasteiger partial charge in [0.1, 0.15) is 22.9 Å². The summed E-state index contributed by atoms with van der Waals surface area (Å²) in [6.07, 6.45) is 7.88. The van der Waals surface area contributed by atoms with E-state index in [1.165, 1.54) is 12.8 Å². The fourth-order valence-corrected chi connectivity index (χ4v) is 4.99. The van der Waals surface area contributed by atoms with E-state index in [1.807, 2.05) is 32.2 Å². The number of nitrogens with zero attached hydrogens (tertiary/aromatic N) is 6. The van der Waals surface area contributed by atoms with Gasteiger partial charge in [-0.2, -0.15) is 5.10 Å². The van der Waals surface area contributed by atoms with Crippen molar-refractivity contribution in [3.05, 3.63) is 64.7 Å². The van der Waals surface area contributed by atoms with Gasteiger partial charge in [0.15, 0.2) is 5.65 Å². The fourth-order valence-electron chi connectivity index (χ4n) is 4.99. The molecule has 0 N–H and O–H groups in total. The molecule has 2 fully saturated rings. The highest BCUT2D eigenvalue weighted by Crippen LogP contribution is 2.40. The molecule has 0 bridgehead atoms. The lowest BCUT2D eigenvalue weighted by atomic mass is 9.86. The van der Waals surface area contributed by atoms with Crippen molar-refractivity contribution in [2.45, 2.75) is 83.8 Å². The van der Waals surface area contributed by atoms with Gasteiger partial charge >= 0.3 is 0 Å². The zero-order valence-electron chi connectivity index (χ0n) is 22.1. The van der Waals surface area contributed by atoms with Crippen LogP contribution >= 0.6 is 0 Å². The summed E-state index contributed by atoms with van der Waals surface area (Å²) in [6, 6.07) is 5.93. The standard InChI is InChI=1S/C29H33FN6O/c1-16-17(2)33-28-26(32-16)25(22-9-6-20(13-23(22)30)29(3,4)5)34-27(35-28)18-10-11-37-24(12-18)19-14-31-36(15-19)21-7-8-21/h6,9,13-15,18,21,24H,7-8,10-12H2,1-5H3/t18-,24-/m0/s1. The van der Waals surface area contributed by atoms with Gasteiger partial charge < -0.3 is 4.74 Å². The van der Waals surface area contributed by atoms with Crippen molar-refractivity contribution in [2.75, 3.05) is 6.61 Å². The van der Waals surface area contributed by atoms with E-state index in [9.17, 15) is 0 Å². The van der Waals surface area contributed by atoms with Crippen LogP contribution in [-0.4, -0.2) is 36.3 Å². The lowest BCUT2D eigenvalue weighted by Gasteiger charge is -2.28. The molecule has 3 aromatic heterocycles. The van der Waals surface area contributed by atoms with E-state index in [1.54, 1.807) is 6.07 Å². The van der Waals surface area contributed by atoms with E-state index in [2.05, 4.69) is 36.7 Å². The Morgan fingerprint density at radius 1 is 1.00 bits per heavy atom. The van der Waals surface area contributed by atoms with Crippen LogP contribution < -0.4 is 0 Å². The minimum Gasteiger partial charge on any atom is -0.373 e. The number of aromatic nitrogens is 6. The molecule has 4 heterocycles. The van der Waals surface area contributed by atoms with Crippen molar-refractivity contribution in [3.8, 4) is 11.3 Å². The molecule has 1 saturated carbocycles. The number of ether oxygens (including phenoxy) is 1. The Hall–Kier alpha value is -3.26. The summed E-state index contributed by atoms with van der Waals surface area (Å²) in [6.45, 7) is 10.7. The molecule has 2 atom stereocenters. The van der Waals surface area contributed by atoms with Crippen LogP contribution in [0, 0.1) is 19.7 Å². The molecule has 1 aliphatic heterocycles. The molecule has 1 saturated heterocycles. The molecule has 1 aliphatic carbocycles. The predicted octanol–water partition coefficient (Wildman–Crippen LogP) is 6.31. The number of hydrogen-bond acceptors (Lipinski definition) is 6. The quantitative estimate of drug-likeness (QED) is 0.327. The highest BCUT2D eigenvalue weighted by Gasteiger charge is 2.31. The van der Waals surface area contributed by atoms with E-state index in [0.29, 0.717) is 40.9 Å². The van der Waals surface area contributed by atoms with Crippen LogP contribution in [0.5, 0.6) is 0 Å². The topological polar surface area (TPSA) is 78.6 Å². The number of aryl methyl sites for hydroxylation is 2. The molecule has 1 aromatic carbocycles. The highest BCUT2D eigenvalue weighted by molar-refractivity contribution is 5.87. The van der Waals surface area contributed by atoms with Crippen LogP contribution in [0.25, 0.3) is 22.4 Å². The minimum absolute atomic E-state index is 0.0616. The number of hydrogen-bond donors (Lipinski definition) is 0. The average Bonchev–Trinajstić information content (AvgIpc) is 3.60. The maximum absolute atomic E-state index is 15.6. The van der Waals surface area contributed by atoms with Crippen LogP contribution in [0.2, 0.25) is 0 Å². The first-order valence-electron chi connectivity index (χ1n) is 13.2. The van der Waals surface area contributed by atoms with Crippen LogP contribution in [0.1, 0.15) is 92.9 Å². The number of benzene rings is 1. The van der Waals surface area contributed by atoms with Gasteiger partial charge in [0, 0.05) is 29.8 Å². The van der Waals surface area contributed by atoms with Crippen LogP contribution in [0.4, 0.5) is 4.39 Å². The molecule has 192 valence electrons. The van der Waals surface area contributed by atoms with Gasteiger partial charge in [-0.05, 0) is 62.6 Å². The monoisotopic (exact) mass is 500 g/mol. The van der Waals surface area contributed by atoms with Gasteiger partial charge in [0.2, 0.25) is 0 Å². The largest absolute Gasteiger partial charge is 0.373 e. The highest BCUT2D eigenvalue weighted by atomic mass is 19.1. The summed E-state index contributed by atoms with van der Waals surface area (Å²) < 4.78 is 23.8. The third-order valence-electron chi connectivity index (χ3n) is 7.61. The molecule has 6 rings (SSSR count). The molecule has 37 heavy (non-hydrogen) atoms. The Bertz CT molecular complexity index is 1490. The van der Waals surface area contributed by atoms with Gasteiger partial charge in [-0.1, -0.05) is 26.8 Å². The van der Waals surface area contributed by atoms with E-state index in [4.69, 9.17) is 24.7 Å². The van der Waals surface area contributed by atoms with Crippen LogP contribution in [-0.2, 0) is 10.2 Å². The summed E-state index contributed by atoms with van der Waals surface area (Å²) in [4.78, 5) is 19.3. The maximum Gasteiger partial charge on any atom is 0.182 e. The van der Waals surface area contributed by atoms with Crippen LogP contribution in [0.3, 0.4) is 0 Å². The van der Waals surface area contributed by atoms with Crippen molar-refractivity contribution in [1.82, 2.24) is 29.7 Å². The first-order chi connectivity index (χ1) is 17.7. The molecule has 2 aliphatic rings. The van der Waals surface area contributed by atoms with Crippen molar-refractivity contribution < 1.29 is 9.13 Å². The number of rotatable bonds is 4. The van der Waals surface area contributed by atoms with Gasteiger partial charge in [-0.25, -0.2) is 24.3 Å². The Morgan fingerprint density at radius 2 is 1.78 bits per heavy atom. The van der Waals surface area contributed by atoms with Gasteiger partial charge in [0.05, 0.1) is 29.7 Å². The lowest BCUT2D eigenvalue weighted by molar-refractivity contribution is 0.00396. The van der Waals surface area contributed by atoms with Crippen molar-refractivity contribution in [3.63, 3.8) is 0 Å². The van der Waals surface area contributed by atoms with Gasteiger partial charge in [-0.3, -0.25) is 4.68 Å². The van der Waals surface area contributed by atoms with Crippen molar-refractivity contribution in [2.24, 2.45) is 0 Å². The van der Waals surface area contributed by atoms with Crippen molar-refractivity contribution in [1.29, 1.82) is 0 Å². The number of fused-ring (bicyclic) bond motifs is 1. The summed E-state index contributed by atoms with van der Waals surface area (Å²) in [5, 5.41) is 4.54. The third kappa shape index (κ3) is 4.63. The Labute approximate surface area is 216 Å². The molecule has 7 nitrogen and oxygen atoms in total. The molecule has 8 heteroatoms. The zero-order valence-corrected chi connectivity index (χ0v) is 22.1. The first-order valence-corrected chi connectivity index (χ1v) is 13.2. The number of halogens is 1. The van der Waals surface area contributed by atoms with Crippen LogP contribution in [0.15, 0.2) is 30.6 Å². The molecule has 0 unspecified atom stereocenters. The van der Waals surface area contributed by atoms with E-state index >= 15 is 4.39 Å². The smallest absolute Gasteiger partial charge is 0.182 e. The fraction of sp³-hybridized carbons (Fsp3) is 0.483. The lowest BCUT2D eigenvalue weighted by Crippen LogP contribution is -2.20. The van der Waals surface area contributed by atoms with Gasteiger partial charge in [-0.15, -0.1) is 0 Å². The SMILES string of the molecule is Cc1nc2nc([C@H]3CCO[C@H](c4cnn(C5CC5)c4)C3)nc(-c3ccc(C(C)(C)C)cc3F)c2nc1C. The van der Waals surface area contributed by atoms with E-state index in [-0.39, 0.29) is 23.3 Å². The summed E-state index contributed by atoms with van der Waals surface area (Å²) in [5.74, 6) is 0.421. The van der Waals surface area contributed by atoms with E-state index < -0.39 is 0 Å². The minimum atomic E-state index is -0.309. The maximum atomic E-state index is 15.6. The Morgan fingerprint density at radius 3 is 2.51 bits per heavy atom. The normalized spacial score (nSPS) is 20.5. The Kier molecular flexibility index (Phi) is 5.82. The van der Waals surface area contributed by atoms with E-state index in [0.717, 1.165) is 35.4 Å². The second-order valence-corrected chi connectivity index (χ2v) is 11.5. The van der Waals surface area contributed by atoms with Crippen molar-refractivity contribution >= 4 is 11.2 Å². The zero-order chi connectivity index (χ0) is 25.9. The summed E-state index contributed by atoms with van der Waals surface area (Å²) >= 11 is 0. The second-order valence-electron chi connectivity index (χ2n) is 11.5. The Balaban J connectivity index is 1.41. The van der Waals surface area contributed by atoms with Gasteiger partial charge in [0.25, 0.3) is 0 Å². The predicted molar refractivity (Wildman–Crippen MR) is 140 cm³/mol. The molecule has 4 aromatic rings. The molecule has 0 radical (unpaired) electrons. The summed E-state index contributed by atoms with van der Waals surface area (Å²) in [5.41, 5.74) is 5.43. The third-order valence-corrected chi connectivity index (χ3v) is 7.61. The average molecular weight is 501 g/mol. The molecule has 0 spiro atoms. The first kappa shape index (κ1) is 24.1. The molecular formula is C29H33FN6O. The molecular weight excluding hydrogens is 467 g/mol. The molecule has 0 amide bonds. The summed E-state index contributed by atoms with van der Waals surface area (Å²) in [7, 11) is 0.